The molecular weight excluding hydrogens is 336 g/mol. The summed E-state index contributed by atoms with van der Waals surface area (Å²) in [6.07, 6.45) is 2.00. The van der Waals surface area contributed by atoms with Gasteiger partial charge in [0.15, 0.2) is 0 Å². The normalized spacial score (nSPS) is 17.5. The fourth-order valence-corrected chi connectivity index (χ4v) is 4.07. The Hall–Kier alpha value is -0.660. The summed E-state index contributed by atoms with van der Waals surface area (Å²) in [5, 5.41) is 0.472. The number of halogens is 1. The average molecular weight is 361 g/mol. The number of nitrogens with zero attached hydrogens (tertiary/aromatic N) is 1. The van der Waals surface area contributed by atoms with E-state index in [1.165, 1.54) is 6.07 Å². The second-order valence-electron chi connectivity index (χ2n) is 6.04. The number of hydrogen-bond acceptors (Lipinski definition) is 4. The van der Waals surface area contributed by atoms with Crippen molar-refractivity contribution in [3.05, 3.63) is 28.8 Å². The Morgan fingerprint density at radius 2 is 2.04 bits per heavy atom. The third kappa shape index (κ3) is 5.43. The topological polar surface area (TPSA) is 58.6 Å². The summed E-state index contributed by atoms with van der Waals surface area (Å²) >= 11 is 6.02. The number of sulfonamides is 1. The molecule has 0 aromatic heterocycles. The predicted octanol–water partition coefficient (Wildman–Crippen LogP) is 2.29. The van der Waals surface area contributed by atoms with Crippen LogP contribution in [-0.4, -0.2) is 53.2 Å². The molecule has 1 saturated heterocycles. The lowest BCUT2D eigenvalue weighted by Gasteiger charge is -2.31. The lowest BCUT2D eigenvalue weighted by Crippen LogP contribution is -2.39. The van der Waals surface area contributed by atoms with Crippen LogP contribution in [-0.2, 0) is 14.8 Å². The van der Waals surface area contributed by atoms with Crippen LogP contribution in [0.25, 0.3) is 0 Å². The van der Waals surface area contributed by atoms with Crippen molar-refractivity contribution in [3.63, 3.8) is 0 Å². The van der Waals surface area contributed by atoms with E-state index in [2.05, 4.69) is 9.62 Å². The minimum Gasteiger partial charge on any atom is -0.383 e. The molecule has 1 aromatic rings. The Balaban J connectivity index is 1.84. The average Bonchev–Trinajstić information content (AvgIpc) is 2.54. The molecule has 5 nitrogen and oxygen atoms in total. The van der Waals surface area contributed by atoms with Crippen molar-refractivity contribution in [1.82, 2.24) is 9.62 Å². The van der Waals surface area contributed by atoms with Gasteiger partial charge in [-0.15, -0.1) is 0 Å². The number of benzene rings is 1. The van der Waals surface area contributed by atoms with E-state index in [1.54, 1.807) is 19.2 Å². The van der Waals surface area contributed by atoms with Crippen LogP contribution < -0.4 is 4.72 Å². The number of piperidine rings is 1. The van der Waals surface area contributed by atoms with Gasteiger partial charge in [-0.1, -0.05) is 17.7 Å². The molecule has 1 N–H and O–H groups in total. The van der Waals surface area contributed by atoms with Gasteiger partial charge in [0.2, 0.25) is 10.0 Å². The summed E-state index contributed by atoms with van der Waals surface area (Å²) in [6, 6.07) is 4.83. The molecule has 0 saturated carbocycles. The van der Waals surface area contributed by atoms with Crippen LogP contribution in [0.5, 0.6) is 0 Å². The van der Waals surface area contributed by atoms with Crippen LogP contribution in [0.4, 0.5) is 0 Å². The first-order valence-electron chi connectivity index (χ1n) is 7.89. The molecule has 0 atom stereocenters. The molecule has 1 aliphatic rings. The van der Waals surface area contributed by atoms with Crippen LogP contribution >= 0.6 is 11.6 Å². The molecule has 0 unspecified atom stereocenters. The summed E-state index contributed by atoms with van der Waals surface area (Å²) in [5.41, 5.74) is 0.869. The van der Waals surface area contributed by atoms with Crippen LogP contribution in [0.2, 0.25) is 5.02 Å². The summed E-state index contributed by atoms with van der Waals surface area (Å²) in [5.74, 6) is 0.379. The SMILES string of the molecule is COCCN1CCC(CNS(=O)(=O)c2ccc(C)c(Cl)c2)CC1. The van der Waals surface area contributed by atoms with Gasteiger partial charge in [-0.3, -0.25) is 0 Å². The summed E-state index contributed by atoms with van der Waals surface area (Å²) in [6.45, 7) is 6.00. The zero-order valence-corrected chi connectivity index (χ0v) is 15.3. The molecule has 1 aliphatic heterocycles. The number of methoxy groups -OCH3 is 1. The molecule has 1 aromatic carbocycles. The van der Waals surface area contributed by atoms with Crippen molar-refractivity contribution < 1.29 is 13.2 Å². The molecule has 7 heteroatoms. The van der Waals surface area contributed by atoms with Crippen LogP contribution in [0, 0.1) is 12.8 Å². The summed E-state index contributed by atoms with van der Waals surface area (Å²) in [4.78, 5) is 2.58. The van der Waals surface area contributed by atoms with Gasteiger partial charge >= 0.3 is 0 Å². The fraction of sp³-hybridized carbons (Fsp3) is 0.625. The maximum absolute atomic E-state index is 12.3. The van der Waals surface area contributed by atoms with Crippen molar-refractivity contribution >= 4 is 21.6 Å². The minimum atomic E-state index is -3.49. The van der Waals surface area contributed by atoms with E-state index in [-0.39, 0.29) is 4.90 Å². The number of nitrogens with one attached hydrogen (secondary N) is 1. The summed E-state index contributed by atoms with van der Waals surface area (Å²) in [7, 11) is -1.79. The molecular formula is C16H25ClN2O3S. The van der Waals surface area contributed by atoms with Gasteiger partial charge in [0, 0.05) is 25.2 Å². The van der Waals surface area contributed by atoms with Crippen molar-refractivity contribution in [3.8, 4) is 0 Å². The van der Waals surface area contributed by atoms with Gasteiger partial charge in [-0.05, 0) is 56.5 Å². The van der Waals surface area contributed by atoms with Gasteiger partial charge in [-0.2, -0.15) is 0 Å². The van der Waals surface area contributed by atoms with Crippen molar-refractivity contribution in [2.45, 2.75) is 24.7 Å². The van der Waals surface area contributed by atoms with Crippen LogP contribution in [0.15, 0.2) is 23.1 Å². The van der Waals surface area contributed by atoms with E-state index < -0.39 is 10.0 Å². The highest BCUT2D eigenvalue weighted by molar-refractivity contribution is 7.89. The molecule has 0 radical (unpaired) electrons. The van der Waals surface area contributed by atoms with Crippen LogP contribution in [0.3, 0.4) is 0 Å². The van der Waals surface area contributed by atoms with E-state index in [0.29, 0.717) is 17.5 Å². The molecule has 0 bridgehead atoms. The number of rotatable bonds is 7. The number of aryl methyl sites for hydroxylation is 1. The highest BCUT2D eigenvalue weighted by atomic mass is 35.5. The lowest BCUT2D eigenvalue weighted by atomic mass is 9.97. The minimum absolute atomic E-state index is 0.227. The molecule has 0 aliphatic carbocycles. The van der Waals surface area contributed by atoms with Crippen molar-refractivity contribution in [2.75, 3.05) is 39.9 Å². The largest absolute Gasteiger partial charge is 0.383 e. The van der Waals surface area contributed by atoms with Crippen molar-refractivity contribution in [2.24, 2.45) is 5.92 Å². The van der Waals surface area contributed by atoms with Gasteiger partial charge in [0.05, 0.1) is 11.5 Å². The van der Waals surface area contributed by atoms with Gasteiger partial charge in [0.1, 0.15) is 0 Å². The van der Waals surface area contributed by atoms with Crippen molar-refractivity contribution in [1.29, 1.82) is 0 Å². The fourth-order valence-electron chi connectivity index (χ4n) is 2.69. The first kappa shape index (κ1) is 18.7. The molecule has 23 heavy (non-hydrogen) atoms. The standard InChI is InChI=1S/C16H25ClN2O3S/c1-13-3-4-15(11-16(13)17)23(20,21)18-12-14-5-7-19(8-6-14)9-10-22-2/h3-4,11,14,18H,5-10,12H2,1-2H3. The van der Waals surface area contributed by atoms with E-state index in [1.807, 2.05) is 6.92 Å². The third-order valence-electron chi connectivity index (χ3n) is 4.33. The van der Waals surface area contributed by atoms with Gasteiger partial charge in [0.25, 0.3) is 0 Å². The van der Waals surface area contributed by atoms with Crippen LogP contribution in [0.1, 0.15) is 18.4 Å². The molecule has 130 valence electrons. The molecule has 0 amide bonds. The Morgan fingerprint density at radius 1 is 1.35 bits per heavy atom. The second-order valence-corrected chi connectivity index (χ2v) is 8.21. The smallest absolute Gasteiger partial charge is 0.240 e. The van der Waals surface area contributed by atoms with E-state index in [0.717, 1.165) is 44.6 Å². The zero-order chi connectivity index (χ0) is 16.9. The maximum atomic E-state index is 12.3. The summed E-state index contributed by atoms with van der Waals surface area (Å²) < 4.78 is 32.5. The molecule has 1 heterocycles. The van der Waals surface area contributed by atoms with E-state index in [4.69, 9.17) is 16.3 Å². The molecule has 2 rings (SSSR count). The maximum Gasteiger partial charge on any atom is 0.240 e. The first-order valence-corrected chi connectivity index (χ1v) is 9.75. The van der Waals surface area contributed by atoms with E-state index >= 15 is 0 Å². The second kappa shape index (κ2) is 8.44. The highest BCUT2D eigenvalue weighted by Crippen LogP contribution is 2.21. The number of likely N-dealkylation sites (tertiary alicyclic amines) is 1. The Morgan fingerprint density at radius 3 is 2.65 bits per heavy atom. The number of ether oxygens (including phenoxy) is 1. The van der Waals surface area contributed by atoms with Gasteiger partial charge in [-0.25, -0.2) is 13.1 Å². The zero-order valence-electron chi connectivity index (χ0n) is 13.7. The Labute approximate surface area is 144 Å². The predicted molar refractivity (Wildman–Crippen MR) is 92.4 cm³/mol. The monoisotopic (exact) mass is 360 g/mol. The lowest BCUT2D eigenvalue weighted by molar-refractivity contribution is 0.121. The van der Waals surface area contributed by atoms with Gasteiger partial charge < -0.3 is 9.64 Å². The Bertz CT molecular complexity index is 614. The molecule has 1 fully saturated rings. The van der Waals surface area contributed by atoms with E-state index in [9.17, 15) is 8.42 Å². The third-order valence-corrected chi connectivity index (χ3v) is 6.16. The first-order chi connectivity index (χ1) is 10.9. The number of hydrogen-bond donors (Lipinski definition) is 1. The quantitative estimate of drug-likeness (QED) is 0.810. The highest BCUT2D eigenvalue weighted by Gasteiger charge is 2.22. The Kier molecular flexibility index (Phi) is 6.85. The molecule has 0 spiro atoms.